The summed E-state index contributed by atoms with van der Waals surface area (Å²) in [5.41, 5.74) is 5.45. The number of nitrogens with zero attached hydrogens (tertiary/aromatic N) is 1. The number of methoxy groups -OCH3 is 2. The molecular formula is C22H24N2O3. The first-order valence-electron chi connectivity index (χ1n) is 8.74. The lowest BCUT2D eigenvalue weighted by molar-refractivity contribution is 0.102. The molecule has 1 heterocycles. The number of hydrogen-bond acceptors (Lipinski definition) is 3. The molecule has 0 radical (unpaired) electrons. The van der Waals surface area contributed by atoms with Gasteiger partial charge in [0.15, 0.2) is 11.5 Å². The molecule has 0 unspecified atom stereocenters. The fourth-order valence-corrected chi connectivity index (χ4v) is 3.29. The van der Waals surface area contributed by atoms with E-state index in [0.717, 1.165) is 22.6 Å². The average Bonchev–Trinajstić information content (AvgIpc) is 2.96. The third kappa shape index (κ3) is 3.53. The molecule has 0 aliphatic heterocycles. The van der Waals surface area contributed by atoms with E-state index in [9.17, 15) is 4.79 Å². The van der Waals surface area contributed by atoms with E-state index in [-0.39, 0.29) is 5.91 Å². The summed E-state index contributed by atoms with van der Waals surface area (Å²) in [7, 11) is 3.15. The van der Waals surface area contributed by atoms with Crippen molar-refractivity contribution >= 4 is 11.6 Å². The Labute approximate surface area is 159 Å². The smallest absolute Gasteiger partial charge is 0.257 e. The number of hydrogen-bond donors (Lipinski definition) is 1. The summed E-state index contributed by atoms with van der Waals surface area (Å²) < 4.78 is 12.6. The molecule has 0 aliphatic carbocycles. The molecule has 0 bridgehead atoms. The van der Waals surface area contributed by atoms with E-state index >= 15 is 0 Å². The van der Waals surface area contributed by atoms with Gasteiger partial charge in [0.2, 0.25) is 0 Å². The van der Waals surface area contributed by atoms with Crippen molar-refractivity contribution in [1.29, 1.82) is 0 Å². The zero-order valence-electron chi connectivity index (χ0n) is 16.3. The number of aryl methyl sites for hydroxylation is 2. The Kier molecular flexibility index (Phi) is 5.21. The van der Waals surface area contributed by atoms with Crippen molar-refractivity contribution in [2.24, 2.45) is 0 Å². The molecule has 5 nitrogen and oxygen atoms in total. The molecule has 2 aromatic carbocycles. The highest BCUT2D eigenvalue weighted by molar-refractivity contribution is 6.05. The zero-order chi connectivity index (χ0) is 19.6. The van der Waals surface area contributed by atoms with Gasteiger partial charge in [-0.05, 0) is 50.6 Å². The standard InChI is InChI=1S/C22H24N2O3/c1-14-8-6-7-9-19(14)24-15(2)12-18(16(24)3)22(25)23-17-10-11-20(26-4)21(13-17)27-5/h6-13H,1-5H3,(H,23,25). The predicted octanol–water partition coefficient (Wildman–Crippen LogP) is 4.67. The summed E-state index contributed by atoms with van der Waals surface area (Å²) in [6, 6.07) is 15.4. The van der Waals surface area contributed by atoms with Crippen molar-refractivity contribution in [3.63, 3.8) is 0 Å². The second kappa shape index (κ2) is 7.58. The zero-order valence-corrected chi connectivity index (χ0v) is 16.3. The van der Waals surface area contributed by atoms with Crippen LogP contribution in [0.3, 0.4) is 0 Å². The maximum absolute atomic E-state index is 12.9. The van der Waals surface area contributed by atoms with E-state index in [1.807, 2.05) is 32.0 Å². The topological polar surface area (TPSA) is 52.5 Å². The molecule has 0 atom stereocenters. The quantitative estimate of drug-likeness (QED) is 0.716. The summed E-state index contributed by atoms with van der Waals surface area (Å²) in [6.45, 7) is 6.03. The second-order valence-corrected chi connectivity index (χ2v) is 6.43. The number of ether oxygens (including phenoxy) is 2. The number of benzene rings is 2. The second-order valence-electron chi connectivity index (χ2n) is 6.43. The summed E-state index contributed by atoms with van der Waals surface area (Å²) in [6.07, 6.45) is 0. The van der Waals surface area contributed by atoms with Gasteiger partial charge in [-0.2, -0.15) is 0 Å². The highest BCUT2D eigenvalue weighted by atomic mass is 16.5. The Morgan fingerprint density at radius 1 is 0.926 bits per heavy atom. The minimum absolute atomic E-state index is 0.157. The molecule has 140 valence electrons. The fraction of sp³-hybridized carbons (Fsp3) is 0.227. The third-order valence-corrected chi connectivity index (χ3v) is 4.67. The molecule has 0 saturated heterocycles. The van der Waals surface area contributed by atoms with Crippen LogP contribution in [-0.2, 0) is 0 Å². The van der Waals surface area contributed by atoms with Gasteiger partial charge in [-0.1, -0.05) is 18.2 Å². The number of anilines is 1. The Hall–Kier alpha value is -3.21. The van der Waals surface area contributed by atoms with Crippen molar-refractivity contribution in [2.75, 3.05) is 19.5 Å². The van der Waals surface area contributed by atoms with E-state index in [1.54, 1.807) is 32.4 Å². The first-order valence-corrected chi connectivity index (χ1v) is 8.74. The SMILES string of the molecule is COc1ccc(NC(=O)c2cc(C)n(-c3ccccc3C)c2C)cc1OC. The van der Waals surface area contributed by atoms with Gasteiger partial charge in [0, 0.05) is 28.8 Å². The summed E-state index contributed by atoms with van der Waals surface area (Å²) in [5.74, 6) is 1.03. The van der Waals surface area contributed by atoms with Crippen LogP contribution in [0.15, 0.2) is 48.5 Å². The van der Waals surface area contributed by atoms with E-state index in [4.69, 9.17) is 9.47 Å². The molecule has 1 N–H and O–H groups in total. The van der Waals surface area contributed by atoms with Gasteiger partial charge in [0.1, 0.15) is 0 Å². The normalized spacial score (nSPS) is 10.6. The predicted molar refractivity (Wildman–Crippen MR) is 107 cm³/mol. The van der Waals surface area contributed by atoms with Gasteiger partial charge in [-0.25, -0.2) is 0 Å². The van der Waals surface area contributed by atoms with Crippen LogP contribution in [0.5, 0.6) is 11.5 Å². The highest BCUT2D eigenvalue weighted by Crippen LogP contribution is 2.30. The summed E-state index contributed by atoms with van der Waals surface area (Å²) in [4.78, 5) is 12.9. The van der Waals surface area contributed by atoms with Crippen molar-refractivity contribution in [3.8, 4) is 17.2 Å². The van der Waals surface area contributed by atoms with Crippen LogP contribution >= 0.6 is 0 Å². The van der Waals surface area contributed by atoms with Gasteiger partial charge in [0.25, 0.3) is 5.91 Å². The lowest BCUT2D eigenvalue weighted by Crippen LogP contribution is -2.13. The first kappa shape index (κ1) is 18.6. The largest absolute Gasteiger partial charge is 0.493 e. The molecule has 3 aromatic rings. The molecular weight excluding hydrogens is 340 g/mol. The summed E-state index contributed by atoms with van der Waals surface area (Å²) >= 11 is 0. The summed E-state index contributed by atoms with van der Waals surface area (Å²) in [5, 5.41) is 2.94. The van der Waals surface area contributed by atoms with Gasteiger partial charge in [0.05, 0.1) is 19.8 Å². The molecule has 1 amide bonds. The van der Waals surface area contributed by atoms with Crippen molar-refractivity contribution in [3.05, 3.63) is 71.0 Å². The van der Waals surface area contributed by atoms with Crippen LogP contribution in [0, 0.1) is 20.8 Å². The van der Waals surface area contributed by atoms with Gasteiger partial charge < -0.3 is 19.4 Å². The molecule has 27 heavy (non-hydrogen) atoms. The number of rotatable bonds is 5. The number of nitrogens with one attached hydrogen (secondary N) is 1. The number of amides is 1. The molecule has 0 fully saturated rings. The van der Waals surface area contributed by atoms with E-state index in [1.165, 1.54) is 0 Å². The van der Waals surface area contributed by atoms with Crippen LogP contribution in [0.4, 0.5) is 5.69 Å². The maximum Gasteiger partial charge on any atom is 0.257 e. The van der Waals surface area contributed by atoms with Crippen molar-refractivity contribution in [2.45, 2.75) is 20.8 Å². The lowest BCUT2D eigenvalue weighted by Gasteiger charge is -2.13. The van der Waals surface area contributed by atoms with Crippen LogP contribution in [0.2, 0.25) is 0 Å². The fourth-order valence-electron chi connectivity index (χ4n) is 3.29. The Morgan fingerprint density at radius 3 is 2.30 bits per heavy atom. The monoisotopic (exact) mass is 364 g/mol. The van der Waals surface area contributed by atoms with Crippen LogP contribution in [-0.4, -0.2) is 24.7 Å². The Morgan fingerprint density at radius 2 is 1.63 bits per heavy atom. The average molecular weight is 364 g/mol. The first-order chi connectivity index (χ1) is 13.0. The lowest BCUT2D eigenvalue weighted by atomic mass is 10.2. The van der Waals surface area contributed by atoms with E-state index in [0.29, 0.717) is 22.7 Å². The van der Waals surface area contributed by atoms with Crippen molar-refractivity contribution in [1.82, 2.24) is 4.57 Å². The van der Waals surface area contributed by atoms with Crippen LogP contribution in [0.1, 0.15) is 27.3 Å². The third-order valence-electron chi connectivity index (χ3n) is 4.67. The molecule has 5 heteroatoms. The number of aromatic nitrogens is 1. The molecule has 3 rings (SSSR count). The maximum atomic E-state index is 12.9. The van der Waals surface area contributed by atoms with Crippen LogP contribution in [0.25, 0.3) is 5.69 Å². The van der Waals surface area contributed by atoms with Gasteiger partial charge in [-0.3, -0.25) is 4.79 Å². The van der Waals surface area contributed by atoms with Gasteiger partial charge >= 0.3 is 0 Å². The molecule has 0 saturated carbocycles. The minimum Gasteiger partial charge on any atom is -0.493 e. The molecule has 0 spiro atoms. The Balaban J connectivity index is 1.93. The molecule has 1 aromatic heterocycles. The number of carbonyl (C=O) groups is 1. The highest BCUT2D eigenvalue weighted by Gasteiger charge is 2.18. The van der Waals surface area contributed by atoms with Crippen LogP contribution < -0.4 is 14.8 Å². The number of para-hydroxylation sites is 1. The number of carbonyl (C=O) groups excluding carboxylic acids is 1. The van der Waals surface area contributed by atoms with Crippen molar-refractivity contribution < 1.29 is 14.3 Å². The van der Waals surface area contributed by atoms with Gasteiger partial charge in [-0.15, -0.1) is 0 Å². The van der Waals surface area contributed by atoms with E-state index in [2.05, 4.69) is 28.9 Å². The van der Waals surface area contributed by atoms with E-state index < -0.39 is 0 Å². The minimum atomic E-state index is -0.157. The molecule has 0 aliphatic rings. The Bertz CT molecular complexity index is 989.